The fourth-order valence-corrected chi connectivity index (χ4v) is 4.92. The lowest BCUT2D eigenvalue weighted by Gasteiger charge is -2.37. The van der Waals surface area contributed by atoms with E-state index in [0.717, 1.165) is 4.31 Å². The van der Waals surface area contributed by atoms with Crippen molar-refractivity contribution in [3.63, 3.8) is 0 Å². The lowest BCUT2D eigenvalue weighted by Crippen LogP contribution is -2.48. The van der Waals surface area contributed by atoms with Gasteiger partial charge in [0.2, 0.25) is 15.9 Å². The normalized spacial score (nSPS) is 16.3. The van der Waals surface area contributed by atoms with E-state index in [-0.39, 0.29) is 35.2 Å². The minimum Gasteiger partial charge on any atom is -0.368 e. The summed E-state index contributed by atoms with van der Waals surface area (Å²) in [6.45, 7) is -0.498. The van der Waals surface area contributed by atoms with Crippen molar-refractivity contribution >= 4 is 49.1 Å². The van der Waals surface area contributed by atoms with E-state index in [0.29, 0.717) is 10.2 Å². The third-order valence-electron chi connectivity index (χ3n) is 3.92. The molecule has 2 aromatic rings. The first-order chi connectivity index (χ1) is 12.2. The van der Waals surface area contributed by atoms with E-state index in [9.17, 15) is 17.6 Å². The number of nitrogens with zero attached hydrogens (tertiary/aromatic N) is 2. The van der Waals surface area contributed by atoms with Crippen molar-refractivity contribution in [1.29, 1.82) is 0 Å². The second-order valence-electron chi connectivity index (χ2n) is 5.77. The number of fused-ring (bicyclic) bond motifs is 1. The van der Waals surface area contributed by atoms with Crippen molar-refractivity contribution in [2.75, 3.05) is 18.1 Å². The smallest absolute Gasteiger partial charge is 0.247 e. The average Bonchev–Trinajstić information content (AvgIpc) is 2.54. The predicted octanol–water partition coefficient (Wildman–Crippen LogP) is 2.70. The fraction of sp³-hybridized carbons (Fsp3) is 0.188. The molecule has 2 N–H and O–H groups in total. The third kappa shape index (κ3) is 3.71. The van der Waals surface area contributed by atoms with Crippen molar-refractivity contribution < 1.29 is 17.6 Å². The van der Waals surface area contributed by atoms with Crippen molar-refractivity contribution in [3.8, 4) is 0 Å². The molecular weight excluding hydrogens is 449 g/mol. The summed E-state index contributed by atoms with van der Waals surface area (Å²) in [6, 6.07) is 8.76. The van der Waals surface area contributed by atoms with Gasteiger partial charge in [-0.2, -0.15) is 4.31 Å². The molecule has 0 unspecified atom stereocenters. The first kappa shape index (κ1) is 19.1. The molecular formula is C16H14BrClFN3O3S. The first-order valence-corrected chi connectivity index (χ1v) is 10.1. The van der Waals surface area contributed by atoms with Crippen LogP contribution in [0, 0.1) is 5.82 Å². The summed E-state index contributed by atoms with van der Waals surface area (Å²) in [6.07, 6.45) is 0. The summed E-state index contributed by atoms with van der Waals surface area (Å²) in [4.78, 5) is 12.9. The van der Waals surface area contributed by atoms with Gasteiger partial charge >= 0.3 is 0 Å². The van der Waals surface area contributed by atoms with Crippen LogP contribution in [0.3, 0.4) is 0 Å². The van der Waals surface area contributed by atoms with Crippen molar-refractivity contribution in [2.24, 2.45) is 5.73 Å². The highest BCUT2D eigenvalue weighted by molar-refractivity contribution is 9.10. The summed E-state index contributed by atoms with van der Waals surface area (Å²) in [5, 5.41) is 0.239. The highest BCUT2D eigenvalue weighted by Crippen LogP contribution is 2.36. The SMILES string of the molecule is NC(=O)CN1CN(Cc2ccc(Br)cc2F)S(=O)(=O)c2cc(Cl)ccc21. The number of hydrogen-bond donors (Lipinski definition) is 1. The Morgan fingerprint density at radius 1 is 1.27 bits per heavy atom. The maximum absolute atomic E-state index is 14.2. The second kappa shape index (κ2) is 7.15. The number of hydrogen-bond acceptors (Lipinski definition) is 4. The van der Waals surface area contributed by atoms with Crippen LogP contribution in [0.5, 0.6) is 0 Å². The molecule has 1 aliphatic rings. The molecule has 26 heavy (non-hydrogen) atoms. The minimum absolute atomic E-state index is 0.0463. The van der Waals surface area contributed by atoms with Gasteiger partial charge in [-0.05, 0) is 30.3 Å². The molecule has 0 radical (unpaired) electrons. The van der Waals surface area contributed by atoms with Gasteiger partial charge in [0.1, 0.15) is 10.7 Å². The summed E-state index contributed by atoms with van der Waals surface area (Å²) < 4.78 is 41.7. The number of benzene rings is 2. The zero-order chi connectivity index (χ0) is 19.1. The van der Waals surface area contributed by atoms with E-state index in [1.807, 2.05) is 0 Å². The van der Waals surface area contributed by atoms with E-state index in [4.69, 9.17) is 17.3 Å². The Balaban J connectivity index is 2.04. The average molecular weight is 463 g/mol. The summed E-state index contributed by atoms with van der Waals surface area (Å²) in [5.74, 6) is -1.15. The number of amides is 1. The number of nitrogens with two attached hydrogens (primary N) is 1. The molecule has 0 atom stereocenters. The van der Waals surface area contributed by atoms with Crippen molar-refractivity contribution in [3.05, 3.63) is 57.3 Å². The standard InChI is InChI=1S/C16H14BrClFN3O3S/c17-11-2-1-10(13(19)5-11)7-22-9-21(8-16(20)23)14-4-3-12(18)6-15(14)26(22,24)25/h1-6H,7-9H2,(H2,20,23). The second-order valence-corrected chi connectivity index (χ2v) is 9.03. The molecule has 2 aromatic carbocycles. The molecule has 0 saturated heterocycles. The van der Waals surface area contributed by atoms with Crippen LogP contribution in [-0.2, 0) is 21.4 Å². The largest absolute Gasteiger partial charge is 0.368 e. The van der Waals surface area contributed by atoms with Gasteiger partial charge < -0.3 is 10.6 Å². The van der Waals surface area contributed by atoms with Crippen LogP contribution in [0.1, 0.15) is 5.56 Å². The van der Waals surface area contributed by atoms with Crippen molar-refractivity contribution in [2.45, 2.75) is 11.4 Å². The Bertz CT molecular complexity index is 987. The Morgan fingerprint density at radius 2 is 2.00 bits per heavy atom. The van der Waals surface area contributed by atoms with Crippen molar-refractivity contribution in [1.82, 2.24) is 4.31 Å². The zero-order valence-corrected chi connectivity index (χ0v) is 16.5. The van der Waals surface area contributed by atoms with Crippen LogP contribution in [0.25, 0.3) is 0 Å². The molecule has 1 heterocycles. The third-order valence-corrected chi connectivity index (χ3v) is 6.45. The van der Waals surface area contributed by atoms with Gasteiger partial charge in [0.25, 0.3) is 0 Å². The number of carbonyl (C=O) groups excluding carboxylic acids is 1. The number of primary amides is 1. The van der Waals surface area contributed by atoms with E-state index in [2.05, 4.69) is 15.9 Å². The lowest BCUT2D eigenvalue weighted by atomic mass is 10.2. The zero-order valence-electron chi connectivity index (χ0n) is 13.3. The lowest BCUT2D eigenvalue weighted by molar-refractivity contribution is -0.116. The van der Waals surface area contributed by atoms with E-state index in [1.54, 1.807) is 6.07 Å². The van der Waals surface area contributed by atoms with E-state index >= 15 is 0 Å². The van der Waals surface area contributed by atoms with E-state index < -0.39 is 21.7 Å². The molecule has 3 rings (SSSR count). The maximum Gasteiger partial charge on any atom is 0.247 e. The number of halogens is 3. The summed E-state index contributed by atoms with van der Waals surface area (Å²) in [7, 11) is -3.92. The van der Waals surface area contributed by atoms with Crippen LogP contribution in [0.2, 0.25) is 5.02 Å². The molecule has 0 bridgehead atoms. The molecule has 0 aliphatic carbocycles. The molecule has 10 heteroatoms. The van der Waals surface area contributed by atoms with Gasteiger partial charge in [0.05, 0.1) is 18.9 Å². The van der Waals surface area contributed by atoms with Crippen LogP contribution in [0.15, 0.2) is 45.8 Å². The Hall–Kier alpha value is -1.68. The molecule has 1 aliphatic heterocycles. The molecule has 0 saturated carbocycles. The van der Waals surface area contributed by atoms with Gasteiger partial charge in [0.15, 0.2) is 0 Å². The van der Waals surface area contributed by atoms with Gasteiger partial charge in [-0.1, -0.05) is 33.6 Å². The Morgan fingerprint density at radius 3 is 2.65 bits per heavy atom. The molecule has 0 fully saturated rings. The summed E-state index contributed by atoms with van der Waals surface area (Å²) >= 11 is 9.11. The predicted molar refractivity (Wildman–Crippen MR) is 99.7 cm³/mol. The van der Waals surface area contributed by atoms with E-state index in [1.165, 1.54) is 35.2 Å². The quantitative estimate of drug-likeness (QED) is 0.757. The number of rotatable bonds is 4. The summed E-state index contributed by atoms with van der Waals surface area (Å²) in [5.41, 5.74) is 5.82. The van der Waals surface area contributed by atoms with Gasteiger partial charge in [-0.15, -0.1) is 0 Å². The van der Waals surface area contributed by atoms with Gasteiger partial charge in [-0.3, -0.25) is 4.79 Å². The van der Waals surface area contributed by atoms with Crippen LogP contribution < -0.4 is 10.6 Å². The first-order valence-electron chi connectivity index (χ1n) is 7.45. The maximum atomic E-state index is 14.2. The van der Waals surface area contributed by atoms with Crippen LogP contribution in [-0.4, -0.2) is 31.8 Å². The minimum atomic E-state index is -3.92. The number of carbonyl (C=O) groups is 1. The molecule has 0 spiro atoms. The Labute approximate surface area is 163 Å². The van der Waals surface area contributed by atoms with Gasteiger partial charge in [0, 0.05) is 21.6 Å². The number of sulfonamides is 1. The molecule has 138 valence electrons. The Kier molecular flexibility index (Phi) is 5.25. The van der Waals surface area contributed by atoms with Crippen LogP contribution in [0.4, 0.5) is 10.1 Å². The highest BCUT2D eigenvalue weighted by Gasteiger charge is 2.36. The molecule has 1 amide bonds. The molecule has 6 nitrogen and oxygen atoms in total. The van der Waals surface area contributed by atoms with Gasteiger partial charge in [-0.25, -0.2) is 12.8 Å². The monoisotopic (exact) mass is 461 g/mol. The fourth-order valence-electron chi connectivity index (χ4n) is 2.74. The highest BCUT2D eigenvalue weighted by atomic mass is 79.9. The number of anilines is 1. The topological polar surface area (TPSA) is 83.7 Å². The van der Waals surface area contributed by atoms with Crippen LogP contribution >= 0.6 is 27.5 Å². The molecule has 0 aromatic heterocycles.